The van der Waals surface area contributed by atoms with E-state index in [1.807, 2.05) is 0 Å². The number of aryl methyl sites for hydroxylation is 1. The summed E-state index contributed by atoms with van der Waals surface area (Å²) in [5.41, 5.74) is 5.97. The fraction of sp³-hybridized carbons (Fsp3) is 0.462. The molecule has 1 rings (SSSR count). The Morgan fingerprint density at radius 2 is 2.12 bits per heavy atom. The number of nitrogens with two attached hydrogens (primary N) is 1. The molecule has 0 heterocycles. The van der Waals surface area contributed by atoms with Crippen molar-refractivity contribution in [2.45, 2.75) is 33.1 Å². The van der Waals surface area contributed by atoms with Crippen molar-refractivity contribution in [3.8, 4) is 0 Å². The van der Waals surface area contributed by atoms with Gasteiger partial charge in [-0.25, -0.2) is 4.79 Å². The first kappa shape index (κ1) is 16.0. The van der Waals surface area contributed by atoms with Gasteiger partial charge in [-0.3, -0.25) is 0 Å². The highest BCUT2D eigenvalue weighted by Crippen LogP contribution is 2.13. The number of halogens is 1. The van der Waals surface area contributed by atoms with Crippen LogP contribution >= 0.6 is 15.9 Å². The van der Waals surface area contributed by atoms with E-state index in [0.717, 1.165) is 0 Å². The predicted octanol–water partition coefficient (Wildman–Crippen LogP) is 3.89. The van der Waals surface area contributed by atoms with Crippen molar-refractivity contribution < 1.29 is 9.53 Å². The Morgan fingerprint density at radius 1 is 1.41 bits per heavy atom. The van der Waals surface area contributed by atoms with E-state index in [2.05, 4.69) is 57.6 Å². The Hall–Kier alpha value is -1.03. The zero-order chi connectivity index (χ0) is 13.1. The maximum absolute atomic E-state index is 9.60. The second-order valence-electron chi connectivity index (χ2n) is 3.49. The van der Waals surface area contributed by atoms with Crippen LogP contribution in [0.5, 0.6) is 0 Å². The summed E-state index contributed by atoms with van der Waals surface area (Å²) in [6.07, 6.45) is 3.05. The number of primary amides is 1. The van der Waals surface area contributed by atoms with Gasteiger partial charge in [-0.15, -0.1) is 0 Å². The van der Waals surface area contributed by atoms with E-state index in [4.69, 9.17) is 0 Å². The molecule has 0 aliphatic rings. The Morgan fingerprint density at radius 3 is 2.53 bits per heavy atom. The van der Waals surface area contributed by atoms with E-state index in [1.54, 1.807) is 6.92 Å². The summed E-state index contributed by atoms with van der Waals surface area (Å²) < 4.78 is 5.37. The number of carbonyl (C=O) groups is 1. The first-order valence-electron chi connectivity index (χ1n) is 5.76. The van der Waals surface area contributed by atoms with Crippen LogP contribution in [0, 0.1) is 0 Å². The molecule has 0 unspecified atom stereocenters. The minimum Gasteiger partial charge on any atom is -0.450 e. The maximum Gasteiger partial charge on any atom is 0.404 e. The van der Waals surface area contributed by atoms with Gasteiger partial charge in [0.15, 0.2) is 0 Å². The predicted molar refractivity (Wildman–Crippen MR) is 74.0 cm³/mol. The van der Waals surface area contributed by atoms with Crippen LogP contribution in [0.3, 0.4) is 0 Å². The van der Waals surface area contributed by atoms with Gasteiger partial charge < -0.3 is 10.5 Å². The molecule has 0 spiro atoms. The monoisotopic (exact) mass is 301 g/mol. The van der Waals surface area contributed by atoms with Crippen LogP contribution in [0.4, 0.5) is 4.79 Å². The number of hydrogen-bond acceptors (Lipinski definition) is 2. The van der Waals surface area contributed by atoms with Crippen LogP contribution in [-0.4, -0.2) is 12.7 Å². The van der Waals surface area contributed by atoms with Gasteiger partial charge in [0.2, 0.25) is 0 Å². The van der Waals surface area contributed by atoms with Gasteiger partial charge >= 0.3 is 6.09 Å². The van der Waals surface area contributed by atoms with Gasteiger partial charge in [0.05, 0.1) is 6.61 Å². The number of ether oxygens (including phenoxy) is 1. The molecule has 2 N–H and O–H groups in total. The van der Waals surface area contributed by atoms with Crippen LogP contribution in [0.2, 0.25) is 0 Å². The van der Waals surface area contributed by atoms with Crippen molar-refractivity contribution >= 4 is 22.0 Å². The Labute approximate surface area is 111 Å². The van der Waals surface area contributed by atoms with E-state index >= 15 is 0 Å². The fourth-order valence-electron chi connectivity index (χ4n) is 1.22. The average molecular weight is 302 g/mol. The van der Waals surface area contributed by atoms with Crippen molar-refractivity contribution in [3.63, 3.8) is 0 Å². The van der Waals surface area contributed by atoms with Crippen molar-refractivity contribution in [1.29, 1.82) is 0 Å². The lowest BCUT2D eigenvalue weighted by atomic mass is 10.1. The summed E-state index contributed by atoms with van der Waals surface area (Å²) in [6, 6.07) is 8.53. The lowest BCUT2D eigenvalue weighted by Gasteiger charge is -1.98. The molecule has 0 saturated heterocycles. The van der Waals surface area contributed by atoms with Crippen molar-refractivity contribution in [2.75, 3.05) is 6.61 Å². The Bertz CT molecular complexity index is 329. The van der Waals surface area contributed by atoms with Gasteiger partial charge in [-0.2, -0.15) is 0 Å². The van der Waals surface area contributed by atoms with Crippen LogP contribution in [-0.2, 0) is 11.2 Å². The summed E-state index contributed by atoms with van der Waals surface area (Å²) >= 11 is 3.45. The summed E-state index contributed by atoms with van der Waals surface area (Å²) in [5.74, 6) is 0. The summed E-state index contributed by atoms with van der Waals surface area (Å²) in [6.45, 7) is 4.28. The van der Waals surface area contributed by atoms with Crippen molar-refractivity contribution in [2.24, 2.45) is 5.73 Å². The van der Waals surface area contributed by atoms with Crippen LogP contribution < -0.4 is 5.73 Å². The lowest BCUT2D eigenvalue weighted by Crippen LogP contribution is -2.11. The molecule has 96 valence electrons. The molecule has 0 aliphatic heterocycles. The molecule has 1 amide bonds. The molecule has 0 radical (unpaired) electrons. The quantitative estimate of drug-likeness (QED) is 0.917. The van der Waals surface area contributed by atoms with Crippen LogP contribution in [0.25, 0.3) is 0 Å². The molecule has 0 atom stereocenters. The van der Waals surface area contributed by atoms with Gasteiger partial charge in [-0.05, 0) is 37.5 Å². The minimum absolute atomic E-state index is 0.356. The normalized spacial score (nSPS) is 9.12. The van der Waals surface area contributed by atoms with Gasteiger partial charge in [-0.1, -0.05) is 41.4 Å². The summed E-state index contributed by atoms with van der Waals surface area (Å²) in [5, 5.41) is 0. The molecule has 1 aromatic carbocycles. The fourth-order valence-corrected chi connectivity index (χ4v) is 1.66. The number of hydrogen-bond donors (Lipinski definition) is 1. The Balaban J connectivity index is 0.000000366. The number of rotatable bonds is 4. The van der Waals surface area contributed by atoms with Crippen molar-refractivity contribution in [3.05, 3.63) is 34.3 Å². The molecule has 0 saturated carbocycles. The number of amides is 1. The first-order valence-corrected chi connectivity index (χ1v) is 6.56. The average Bonchev–Trinajstić information content (AvgIpc) is 2.27. The van der Waals surface area contributed by atoms with Crippen molar-refractivity contribution in [1.82, 2.24) is 0 Å². The second kappa shape index (κ2) is 10.1. The Kier molecular flexibility index (Phi) is 9.53. The molecule has 1 aromatic rings. The zero-order valence-corrected chi connectivity index (χ0v) is 12.0. The lowest BCUT2D eigenvalue weighted by molar-refractivity contribution is 0.163. The minimum atomic E-state index is -0.711. The van der Waals surface area contributed by atoms with E-state index in [1.165, 1.54) is 29.3 Å². The zero-order valence-electron chi connectivity index (χ0n) is 10.4. The second-order valence-corrected chi connectivity index (χ2v) is 4.40. The highest BCUT2D eigenvalue weighted by molar-refractivity contribution is 9.10. The first-order chi connectivity index (χ1) is 8.10. The molecule has 0 aromatic heterocycles. The smallest absolute Gasteiger partial charge is 0.404 e. The highest BCUT2D eigenvalue weighted by Gasteiger charge is 1.91. The van der Waals surface area contributed by atoms with Crippen LogP contribution in [0.15, 0.2) is 28.7 Å². The molecule has 3 nitrogen and oxygen atoms in total. The van der Waals surface area contributed by atoms with Crippen LogP contribution in [0.1, 0.15) is 32.3 Å². The molecule has 17 heavy (non-hydrogen) atoms. The third kappa shape index (κ3) is 9.87. The highest BCUT2D eigenvalue weighted by atomic mass is 79.9. The summed E-state index contributed by atoms with van der Waals surface area (Å²) in [7, 11) is 0. The molecule has 0 bridgehead atoms. The number of benzene rings is 1. The topological polar surface area (TPSA) is 52.3 Å². The molecular weight excluding hydrogens is 282 g/mol. The van der Waals surface area contributed by atoms with Gasteiger partial charge in [0.1, 0.15) is 0 Å². The van der Waals surface area contributed by atoms with E-state index in [-0.39, 0.29) is 0 Å². The van der Waals surface area contributed by atoms with E-state index in [9.17, 15) is 4.79 Å². The van der Waals surface area contributed by atoms with Gasteiger partial charge in [0, 0.05) is 4.47 Å². The van der Waals surface area contributed by atoms with Gasteiger partial charge in [0.25, 0.3) is 0 Å². The number of carbonyl (C=O) groups excluding carboxylic acids is 1. The third-order valence-electron chi connectivity index (χ3n) is 1.99. The number of unbranched alkanes of at least 4 members (excludes halogenated alkanes) is 1. The molecular formula is C13H20BrNO2. The standard InChI is InChI=1S/C10H13Br.C3H7NO2/c1-2-3-5-9-6-4-7-10(11)8-9;1-2-6-3(4)5/h4,6-8H,2-3,5H2,1H3;2H2,1H3,(H2,4,5). The molecule has 0 fully saturated rings. The molecule has 0 aliphatic carbocycles. The SMILES string of the molecule is CCCCc1cccc(Br)c1.CCOC(N)=O. The molecule has 4 heteroatoms. The third-order valence-corrected chi connectivity index (χ3v) is 2.49. The maximum atomic E-state index is 9.60. The van der Waals surface area contributed by atoms with E-state index < -0.39 is 6.09 Å². The largest absolute Gasteiger partial charge is 0.450 e. The summed E-state index contributed by atoms with van der Waals surface area (Å²) in [4.78, 5) is 9.60. The van der Waals surface area contributed by atoms with E-state index in [0.29, 0.717) is 6.61 Å².